The summed E-state index contributed by atoms with van der Waals surface area (Å²) in [6.07, 6.45) is -7.80. The van der Waals surface area contributed by atoms with Gasteiger partial charge in [-0.2, -0.15) is 9.97 Å². The van der Waals surface area contributed by atoms with Gasteiger partial charge in [0.2, 0.25) is 11.9 Å². The van der Waals surface area contributed by atoms with E-state index in [-0.39, 0.29) is 72.2 Å². The van der Waals surface area contributed by atoms with Gasteiger partial charge in [-0.3, -0.25) is 75.0 Å². The number of ether oxygens (including phenoxy) is 4. The number of phosphoric acid groups is 3. The van der Waals surface area contributed by atoms with Gasteiger partial charge in [0.15, 0.2) is 58.3 Å². The minimum Gasteiger partial charge on any atom is -0.394 e. The number of aliphatic hydroxyl groups is 2. The van der Waals surface area contributed by atoms with E-state index in [0.29, 0.717) is 27.8 Å². The molecule has 4 saturated heterocycles. The average Bonchev–Trinajstić information content (AvgIpc) is 1.64. The monoisotopic (exact) mass is 1350 g/mol. The van der Waals surface area contributed by atoms with E-state index in [2.05, 4.69) is 59.8 Å². The van der Waals surface area contributed by atoms with E-state index < -0.39 is 141 Å². The predicted octanol–water partition coefficient (Wildman–Crippen LogP) is -3.31. The van der Waals surface area contributed by atoms with Gasteiger partial charge in [0.1, 0.15) is 79.8 Å². The molecule has 0 spiro atoms. The summed E-state index contributed by atoms with van der Waals surface area (Å²) in [4.78, 5) is 118. The summed E-state index contributed by atoms with van der Waals surface area (Å²) < 4.78 is 103. The van der Waals surface area contributed by atoms with Crippen LogP contribution in [-0.2, 0) is 89.3 Å². The van der Waals surface area contributed by atoms with Crippen LogP contribution in [0.2, 0.25) is 0 Å². The Balaban J connectivity index is 0.759. The van der Waals surface area contributed by atoms with Crippen LogP contribution in [0.15, 0.2) is 47.4 Å². The van der Waals surface area contributed by atoms with Gasteiger partial charge in [-0.25, -0.2) is 48.6 Å². The van der Waals surface area contributed by atoms with Crippen LogP contribution >= 0.6 is 23.5 Å². The van der Waals surface area contributed by atoms with Crippen LogP contribution in [0.4, 0.5) is 23.5 Å². The van der Waals surface area contributed by atoms with Crippen LogP contribution < -0.4 is 34.1 Å². The third-order valence-electron chi connectivity index (χ3n) is 15.3. The Bertz CT molecular complexity index is 4270. The topological polar surface area (TPSA) is 589 Å². The highest BCUT2D eigenvalue weighted by Gasteiger charge is 2.53. The van der Waals surface area contributed by atoms with Crippen LogP contribution in [0.5, 0.6) is 0 Å². The van der Waals surface area contributed by atoms with Crippen molar-refractivity contribution in [3.8, 4) is 0 Å². The smallest absolute Gasteiger partial charge is 0.394 e. The van der Waals surface area contributed by atoms with E-state index in [9.17, 15) is 48.2 Å². The lowest BCUT2D eigenvalue weighted by atomic mass is 10.1. The van der Waals surface area contributed by atoms with E-state index in [0.717, 1.165) is 5.06 Å². The summed E-state index contributed by atoms with van der Waals surface area (Å²) in [5.74, 6) is -1.29. The number of nitrogen functional groups attached to an aromatic ring is 4. The highest BCUT2D eigenvalue weighted by atomic mass is 31.2. The summed E-state index contributed by atoms with van der Waals surface area (Å²) in [5, 5.41) is 23.9. The molecule has 16 N–H and O–H groups in total. The molecule has 0 aliphatic carbocycles. The summed E-state index contributed by atoms with van der Waals surface area (Å²) in [5.41, 5.74) is 24.1. The number of nitrogens with one attached hydrogen (secondary N) is 3. The van der Waals surface area contributed by atoms with Crippen LogP contribution in [-0.4, -0.2) is 236 Å². The SMILES string of the molecule is CO[C@H]1C(OP(=O)(O)OC[C@H]2CN(Cc3c[nH]c4c(N)ncnc34)C[C@H]2OP(=O)(O)OC[C@H]2ON(Cn3cnc4c(=O)[nH]c(N)nc43)[C@@H](OC)C2OP(=O)(O)OC[C@H]2ON(Cn3cnc4c(N)ncnc43)[C@@H](OC)C2O)[C@@H](CO)O[C@H]1n1cnc2c(=O)[nH]c(N)nc21. The molecule has 44 nitrogen and oxygen atoms in total. The molecule has 8 aromatic rings. The van der Waals surface area contributed by atoms with Crippen molar-refractivity contribution in [3.63, 3.8) is 0 Å². The second-order valence-electron chi connectivity index (χ2n) is 21.2. The lowest BCUT2D eigenvalue weighted by molar-refractivity contribution is -0.229. The van der Waals surface area contributed by atoms with Gasteiger partial charge >= 0.3 is 23.5 Å². The molecule has 0 aromatic carbocycles. The van der Waals surface area contributed by atoms with Crippen LogP contribution in [0, 0.1) is 5.92 Å². The third kappa shape index (κ3) is 13.1. The van der Waals surface area contributed by atoms with E-state index in [1.54, 1.807) is 11.1 Å². The van der Waals surface area contributed by atoms with Crippen molar-refractivity contribution < 1.29 is 94.4 Å². The van der Waals surface area contributed by atoms with Gasteiger partial charge in [0.25, 0.3) is 11.1 Å². The molecule has 0 bridgehead atoms. The maximum atomic E-state index is 14.3. The zero-order valence-electron chi connectivity index (χ0n) is 48.3. The Morgan fingerprint density at radius 3 is 1.91 bits per heavy atom. The van der Waals surface area contributed by atoms with Gasteiger partial charge in [-0.1, -0.05) is 0 Å². The summed E-state index contributed by atoms with van der Waals surface area (Å²) in [6, 6.07) is 0. The van der Waals surface area contributed by atoms with Crippen LogP contribution in [0.1, 0.15) is 11.8 Å². The number of imidazole rings is 3. The van der Waals surface area contributed by atoms with Crippen molar-refractivity contribution in [3.05, 3.63) is 64.1 Å². The van der Waals surface area contributed by atoms with E-state index >= 15 is 0 Å². The van der Waals surface area contributed by atoms with Gasteiger partial charge in [0, 0.05) is 58.6 Å². The summed E-state index contributed by atoms with van der Waals surface area (Å²) >= 11 is 0. The lowest BCUT2D eigenvalue weighted by Crippen LogP contribution is -2.40. The molecule has 8 aromatic heterocycles. The second kappa shape index (κ2) is 26.0. The number of hydrogen-bond acceptors (Lipinski definition) is 35. The fraction of sp³-hybridized carbons (Fsp3) is 0.533. The van der Waals surface area contributed by atoms with Crippen molar-refractivity contribution in [2.75, 3.05) is 83.8 Å². The fourth-order valence-corrected chi connectivity index (χ4v) is 14.1. The molecule has 0 saturated carbocycles. The van der Waals surface area contributed by atoms with Crippen LogP contribution in [0.3, 0.4) is 0 Å². The largest absolute Gasteiger partial charge is 0.472 e. The number of hydroxylamine groups is 4. The number of nitrogens with zero attached hydrogens (tertiary/aromatic N) is 15. The highest BCUT2D eigenvalue weighted by Crippen LogP contribution is 2.53. The van der Waals surface area contributed by atoms with E-state index in [1.807, 2.05) is 0 Å². The zero-order valence-corrected chi connectivity index (χ0v) is 51.0. The van der Waals surface area contributed by atoms with E-state index in [4.69, 9.17) is 78.7 Å². The van der Waals surface area contributed by atoms with Gasteiger partial charge in [-0.15, -0.1) is 10.1 Å². The number of hydrogen-bond donors (Lipinski definition) is 12. The maximum Gasteiger partial charge on any atom is 0.472 e. The number of H-pyrrole nitrogens is 3. The minimum atomic E-state index is -5.36. The number of aliphatic hydroxyl groups excluding tert-OH is 2. The molecule has 47 heteroatoms. The number of rotatable bonds is 26. The molecule has 4 aliphatic heterocycles. The number of fused-ring (bicyclic) bond motifs is 4. The number of nitrogens with two attached hydrogens (primary N) is 4. The molecule has 6 unspecified atom stereocenters. The van der Waals surface area contributed by atoms with Gasteiger partial charge in [0.05, 0.1) is 57.0 Å². The van der Waals surface area contributed by atoms with Crippen molar-refractivity contribution in [2.45, 2.75) is 87.4 Å². The number of aromatic nitrogens is 15. The number of anilines is 4. The molecule has 92 heavy (non-hydrogen) atoms. The molecule has 0 radical (unpaired) electrons. The lowest BCUT2D eigenvalue weighted by Gasteiger charge is -2.27. The van der Waals surface area contributed by atoms with Crippen molar-refractivity contribution in [1.29, 1.82) is 0 Å². The van der Waals surface area contributed by atoms with E-state index in [1.165, 1.54) is 71.7 Å². The van der Waals surface area contributed by atoms with Crippen LogP contribution in [0.25, 0.3) is 44.5 Å². The minimum absolute atomic E-state index is 0.0308. The first-order valence-electron chi connectivity index (χ1n) is 27.4. The first kappa shape index (κ1) is 65.0. The third-order valence-corrected chi connectivity index (χ3v) is 18.3. The van der Waals surface area contributed by atoms with Gasteiger partial charge in [-0.05, 0) is 0 Å². The van der Waals surface area contributed by atoms with Crippen molar-refractivity contribution >= 4 is 91.5 Å². The first-order chi connectivity index (χ1) is 43.9. The number of aromatic amines is 3. The zero-order chi connectivity index (χ0) is 65.1. The van der Waals surface area contributed by atoms with Crippen molar-refractivity contribution in [1.82, 2.24) is 88.5 Å². The first-order valence-corrected chi connectivity index (χ1v) is 31.9. The van der Waals surface area contributed by atoms with Crippen molar-refractivity contribution in [2.24, 2.45) is 5.92 Å². The Morgan fingerprint density at radius 1 is 0.630 bits per heavy atom. The highest BCUT2D eigenvalue weighted by molar-refractivity contribution is 7.48. The predicted molar refractivity (Wildman–Crippen MR) is 307 cm³/mol. The molecule has 498 valence electrons. The molecule has 4 aliphatic rings. The Labute approximate surface area is 514 Å². The number of methoxy groups -OCH3 is 3. The average molecular weight is 1360 g/mol. The summed E-state index contributed by atoms with van der Waals surface area (Å²) in [6.45, 7) is -3.90. The quantitative estimate of drug-likeness (QED) is 0.0236. The molecule has 12 rings (SSSR count). The maximum absolute atomic E-state index is 14.3. The molecule has 4 fully saturated rings. The summed E-state index contributed by atoms with van der Waals surface area (Å²) in [7, 11) is -12.2. The molecule has 15 atom stereocenters. The standard InChI is InChI=1S/C45H61N22O22P3/c1-78-33-31(22(8-68)84-42(33)65-16-57-29-38(65)59-45(49)61-40(29)71)88-91(74,75)81-9-20-6-62(5-19-4-50-26-25(19)51-12-52-34(26)46)7-21(20)87-90(72,73)83-11-24-32(43(80-3)67(86-24)18-64-15-56-28-37(64)58-44(48)60-39(28)70)89-92(76,77)82-10-23-30(69)41(79-2)66(85-23)17-63-14-55-27-35(47)53-13-54-36(27)63/h4,12-16,20-24,30-33,41-43,50,68-69H,5-11,17-18H2,1-3H3,(H,72,73)(H,74,75)(H,76,77)(H2,46,51,52)(H2,47,53,54)(H3,48,58,60,70)(H3,49,59,61,71)/t20-,21-,22-,23-,24-,30?,31?,32?,33+,41+,42-,43+/m1/s1. The number of phosphoric ester groups is 3. The molecular weight excluding hydrogens is 1290 g/mol. The Morgan fingerprint density at radius 2 is 1.22 bits per heavy atom. The number of likely N-dealkylation sites (tertiary alicyclic amines) is 1. The Hall–Kier alpha value is -7.04. The molecule has 12 heterocycles. The van der Waals surface area contributed by atoms with Gasteiger partial charge < -0.3 is 71.8 Å². The molecular formula is C45H61N22O22P3. The molecule has 0 amide bonds. The Kier molecular flexibility index (Phi) is 18.4. The normalized spacial score (nSPS) is 27.9. The second-order valence-corrected chi connectivity index (χ2v) is 25.4. The fourth-order valence-electron chi connectivity index (χ4n) is 11.2.